The second-order valence-corrected chi connectivity index (χ2v) is 5.26. The van der Waals surface area contributed by atoms with Gasteiger partial charge in [0, 0.05) is 12.6 Å². The van der Waals surface area contributed by atoms with Gasteiger partial charge in [-0.15, -0.1) is 6.42 Å². The van der Waals surface area contributed by atoms with E-state index < -0.39 is 17.6 Å². The lowest BCUT2D eigenvalue weighted by Crippen LogP contribution is -2.25. The largest absolute Gasteiger partial charge is 0.341 e. The molecule has 0 heterocycles. The summed E-state index contributed by atoms with van der Waals surface area (Å²) >= 11 is 0. The first-order valence-corrected chi connectivity index (χ1v) is 7.61. The second-order valence-electron chi connectivity index (χ2n) is 5.26. The molecule has 0 bridgehead atoms. The Morgan fingerprint density at radius 3 is 2.46 bits per heavy atom. The van der Waals surface area contributed by atoms with Crippen LogP contribution in [0.5, 0.6) is 0 Å². The molecule has 0 saturated heterocycles. The van der Waals surface area contributed by atoms with Crippen molar-refractivity contribution in [1.82, 2.24) is 5.32 Å². The van der Waals surface area contributed by atoms with E-state index in [0.29, 0.717) is 0 Å². The lowest BCUT2D eigenvalue weighted by atomic mass is 10.1. The fourth-order valence-corrected chi connectivity index (χ4v) is 2.19. The lowest BCUT2D eigenvalue weighted by molar-refractivity contribution is -0.114. The highest BCUT2D eigenvalue weighted by Gasteiger charge is 2.17. The van der Waals surface area contributed by atoms with Crippen molar-refractivity contribution in [3.05, 3.63) is 59.4 Å². The summed E-state index contributed by atoms with van der Waals surface area (Å²) in [4.78, 5) is 35.7. The van der Waals surface area contributed by atoms with Crippen LogP contribution in [0.4, 0.5) is 15.8 Å². The molecule has 0 saturated carbocycles. The van der Waals surface area contributed by atoms with Gasteiger partial charge in [0.05, 0.1) is 23.4 Å². The van der Waals surface area contributed by atoms with Crippen LogP contribution in [0, 0.1) is 18.2 Å². The molecule has 0 fully saturated rings. The van der Waals surface area contributed by atoms with Gasteiger partial charge in [-0.3, -0.25) is 14.4 Å². The van der Waals surface area contributed by atoms with E-state index >= 15 is 0 Å². The predicted octanol–water partition coefficient (Wildman–Crippen LogP) is 2.40. The van der Waals surface area contributed by atoms with E-state index in [9.17, 15) is 18.8 Å². The first-order chi connectivity index (χ1) is 12.4. The summed E-state index contributed by atoms with van der Waals surface area (Å²) in [6, 6.07) is 9.90. The Labute approximate surface area is 149 Å². The molecule has 2 aromatic rings. The molecule has 2 aromatic carbocycles. The van der Waals surface area contributed by atoms with Crippen molar-refractivity contribution >= 4 is 29.1 Å². The molecule has 0 aliphatic carbocycles. The quantitative estimate of drug-likeness (QED) is 0.722. The van der Waals surface area contributed by atoms with Gasteiger partial charge in [0.25, 0.3) is 11.8 Å². The standard InChI is InChI=1S/C19H16FN3O3/c1-3-10-21-18(25)14-6-4-5-7-17(14)23-19(26)15-11-13(22-12(2)24)8-9-16(15)20/h1,4-9,11H,10H2,2H3,(H,21,25)(H,22,24)(H,23,26). The highest BCUT2D eigenvalue weighted by atomic mass is 19.1. The molecule has 0 aliphatic heterocycles. The maximum absolute atomic E-state index is 14.0. The van der Waals surface area contributed by atoms with Gasteiger partial charge in [-0.25, -0.2) is 4.39 Å². The number of rotatable bonds is 5. The van der Waals surface area contributed by atoms with Gasteiger partial charge in [0.1, 0.15) is 5.82 Å². The average Bonchev–Trinajstić information content (AvgIpc) is 2.61. The smallest absolute Gasteiger partial charge is 0.258 e. The highest BCUT2D eigenvalue weighted by Crippen LogP contribution is 2.19. The normalized spacial score (nSPS) is 9.73. The monoisotopic (exact) mass is 353 g/mol. The van der Waals surface area contributed by atoms with Gasteiger partial charge in [-0.1, -0.05) is 18.1 Å². The van der Waals surface area contributed by atoms with Crippen LogP contribution >= 0.6 is 0 Å². The van der Waals surface area contributed by atoms with Crippen LogP contribution in [0.15, 0.2) is 42.5 Å². The molecule has 132 valence electrons. The molecule has 26 heavy (non-hydrogen) atoms. The summed E-state index contributed by atoms with van der Waals surface area (Å²) in [7, 11) is 0. The van der Waals surface area contributed by atoms with E-state index in [-0.39, 0.29) is 35.0 Å². The number of terminal acetylenes is 1. The van der Waals surface area contributed by atoms with Gasteiger partial charge >= 0.3 is 0 Å². The van der Waals surface area contributed by atoms with Crippen LogP contribution in [0.1, 0.15) is 27.6 Å². The first kappa shape index (κ1) is 18.7. The molecule has 0 aliphatic rings. The molecule has 0 radical (unpaired) electrons. The summed E-state index contributed by atoms with van der Waals surface area (Å²) in [5.74, 6) is -0.0506. The Bertz CT molecular complexity index is 903. The topological polar surface area (TPSA) is 87.3 Å². The number of halogens is 1. The second kappa shape index (κ2) is 8.44. The van der Waals surface area contributed by atoms with Crippen LogP contribution in [-0.4, -0.2) is 24.3 Å². The van der Waals surface area contributed by atoms with E-state index in [4.69, 9.17) is 6.42 Å². The van der Waals surface area contributed by atoms with Crippen LogP contribution < -0.4 is 16.0 Å². The molecule has 0 atom stereocenters. The maximum atomic E-state index is 14.0. The highest BCUT2D eigenvalue weighted by molar-refractivity contribution is 6.09. The lowest BCUT2D eigenvalue weighted by Gasteiger charge is -2.12. The van der Waals surface area contributed by atoms with Crippen molar-refractivity contribution in [2.24, 2.45) is 0 Å². The minimum atomic E-state index is -0.758. The zero-order chi connectivity index (χ0) is 19.1. The van der Waals surface area contributed by atoms with Crippen LogP contribution in [-0.2, 0) is 4.79 Å². The Kier molecular flexibility index (Phi) is 6.06. The van der Waals surface area contributed by atoms with Crippen molar-refractivity contribution in [3.63, 3.8) is 0 Å². The van der Waals surface area contributed by atoms with Crippen molar-refractivity contribution in [1.29, 1.82) is 0 Å². The predicted molar refractivity (Wildman–Crippen MR) is 96.3 cm³/mol. The summed E-state index contributed by atoms with van der Waals surface area (Å²) in [5, 5.41) is 7.47. The molecule has 0 unspecified atom stereocenters. The SMILES string of the molecule is C#CCNC(=O)c1ccccc1NC(=O)c1cc(NC(C)=O)ccc1F. The van der Waals surface area contributed by atoms with Gasteiger partial charge in [0.15, 0.2) is 0 Å². The van der Waals surface area contributed by atoms with E-state index in [1.807, 2.05) is 0 Å². The fourth-order valence-electron chi connectivity index (χ4n) is 2.19. The van der Waals surface area contributed by atoms with Crippen LogP contribution in [0.25, 0.3) is 0 Å². The number of amides is 3. The zero-order valence-corrected chi connectivity index (χ0v) is 13.9. The molecular weight excluding hydrogens is 337 g/mol. The molecule has 3 N–H and O–H groups in total. The van der Waals surface area contributed by atoms with Crippen LogP contribution in [0.2, 0.25) is 0 Å². The summed E-state index contributed by atoms with van der Waals surface area (Å²) in [5.41, 5.74) is 0.407. The van der Waals surface area contributed by atoms with Crippen molar-refractivity contribution in [2.75, 3.05) is 17.2 Å². The maximum Gasteiger partial charge on any atom is 0.258 e. The van der Waals surface area contributed by atoms with E-state index in [0.717, 1.165) is 6.07 Å². The van der Waals surface area contributed by atoms with Crippen molar-refractivity contribution in [3.8, 4) is 12.3 Å². The number of carbonyl (C=O) groups is 3. The number of hydrogen-bond acceptors (Lipinski definition) is 3. The number of anilines is 2. The van der Waals surface area contributed by atoms with Crippen molar-refractivity contribution < 1.29 is 18.8 Å². The van der Waals surface area contributed by atoms with Gasteiger partial charge < -0.3 is 16.0 Å². The Morgan fingerprint density at radius 1 is 1.04 bits per heavy atom. The first-order valence-electron chi connectivity index (χ1n) is 7.61. The molecule has 3 amide bonds. The minimum absolute atomic E-state index is 0.0362. The summed E-state index contributed by atoms with van der Waals surface area (Å²) in [6.45, 7) is 1.34. The van der Waals surface area contributed by atoms with Crippen LogP contribution in [0.3, 0.4) is 0 Å². The Balaban J connectivity index is 2.27. The Morgan fingerprint density at radius 2 is 1.77 bits per heavy atom. The Hall–Kier alpha value is -3.66. The third kappa shape index (κ3) is 4.68. The van der Waals surface area contributed by atoms with Crippen molar-refractivity contribution in [2.45, 2.75) is 6.92 Å². The van der Waals surface area contributed by atoms with Gasteiger partial charge in [0.2, 0.25) is 5.91 Å². The average molecular weight is 353 g/mol. The minimum Gasteiger partial charge on any atom is -0.341 e. The van der Waals surface area contributed by atoms with E-state index in [2.05, 4.69) is 21.9 Å². The number of nitrogens with one attached hydrogen (secondary N) is 3. The van der Waals surface area contributed by atoms with E-state index in [1.165, 1.54) is 31.2 Å². The van der Waals surface area contributed by atoms with Gasteiger partial charge in [-0.05, 0) is 30.3 Å². The summed E-state index contributed by atoms with van der Waals surface area (Å²) < 4.78 is 14.0. The van der Waals surface area contributed by atoms with E-state index in [1.54, 1.807) is 12.1 Å². The summed E-state index contributed by atoms with van der Waals surface area (Å²) in [6.07, 6.45) is 5.11. The molecule has 0 aromatic heterocycles. The fraction of sp³-hybridized carbons (Fsp3) is 0.105. The third-order valence-corrected chi connectivity index (χ3v) is 3.30. The number of carbonyl (C=O) groups excluding carboxylic acids is 3. The number of para-hydroxylation sites is 1. The zero-order valence-electron chi connectivity index (χ0n) is 13.9. The van der Waals surface area contributed by atoms with Gasteiger partial charge in [-0.2, -0.15) is 0 Å². The number of hydrogen-bond donors (Lipinski definition) is 3. The number of benzene rings is 2. The molecule has 7 heteroatoms. The molecule has 0 spiro atoms. The molecule has 2 rings (SSSR count). The molecule has 6 nitrogen and oxygen atoms in total. The molecular formula is C19H16FN3O3. The third-order valence-electron chi connectivity index (χ3n) is 3.30.